The summed E-state index contributed by atoms with van der Waals surface area (Å²) in [5.74, 6) is -1.08. The number of esters is 1. The number of aryl methyl sites for hydroxylation is 2. The van der Waals surface area contributed by atoms with E-state index in [-0.39, 0.29) is 25.4 Å². The van der Waals surface area contributed by atoms with Crippen LogP contribution < -0.4 is 10.6 Å². The van der Waals surface area contributed by atoms with E-state index in [1.807, 2.05) is 50.2 Å². The van der Waals surface area contributed by atoms with Crippen LogP contribution in [-0.2, 0) is 19.1 Å². The number of carbonyl (C=O) groups excluding carboxylic acids is 3. The molecule has 0 spiro atoms. The summed E-state index contributed by atoms with van der Waals surface area (Å²) >= 11 is 3.39. The summed E-state index contributed by atoms with van der Waals surface area (Å²) in [5, 5.41) is 5.48. The van der Waals surface area contributed by atoms with E-state index in [4.69, 9.17) is 4.74 Å². The molecule has 2 aromatic carbocycles. The van der Waals surface area contributed by atoms with Gasteiger partial charge in [-0.05, 0) is 55.7 Å². The van der Waals surface area contributed by atoms with Gasteiger partial charge in [-0.3, -0.25) is 14.4 Å². The van der Waals surface area contributed by atoms with Crippen LogP contribution in [0.15, 0.2) is 46.9 Å². The average molecular weight is 447 g/mol. The topological polar surface area (TPSA) is 84.5 Å². The third-order valence-corrected chi connectivity index (χ3v) is 4.90. The van der Waals surface area contributed by atoms with Crippen LogP contribution in [0.1, 0.15) is 30.4 Å². The lowest BCUT2D eigenvalue weighted by Crippen LogP contribution is -2.21. The number of carbonyl (C=O) groups is 3. The van der Waals surface area contributed by atoms with E-state index in [9.17, 15) is 14.4 Å². The van der Waals surface area contributed by atoms with Gasteiger partial charge < -0.3 is 15.4 Å². The number of rotatable bonds is 8. The summed E-state index contributed by atoms with van der Waals surface area (Å²) in [4.78, 5) is 35.6. The summed E-state index contributed by atoms with van der Waals surface area (Å²) in [7, 11) is 0. The van der Waals surface area contributed by atoms with Gasteiger partial charge >= 0.3 is 5.97 Å². The Kier molecular flexibility index (Phi) is 8.19. The standard InChI is InChI=1S/C21H23BrN2O4/c1-14-6-3-4-7-18(14)24-19(25)8-5-9-21(27)28-13-20(26)23-16-10-11-17(22)15(2)12-16/h3-4,6-7,10-12H,5,8-9,13H2,1-2H3,(H,23,26)(H,24,25). The van der Waals surface area contributed by atoms with Crippen LogP contribution in [0.5, 0.6) is 0 Å². The zero-order valence-electron chi connectivity index (χ0n) is 15.9. The van der Waals surface area contributed by atoms with Crippen molar-refractivity contribution in [2.75, 3.05) is 17.2 Å². The van der Waals surface area contributed by atoms with Crippen molar-refractivity contribution in [2.24, 2.45) is 0 Å². The predicted octanol–water partition coefficient (Wildman–Crippen LogP) is 4.36. The van der Waals surface area contributed by atoms with Crippen LogP contribution in [0.2, 0.25) is 0 Å². The molecule has 0 atom stereocenters. The Morgan fingerprint density at radius 3 is 2.39 bits per heavy atom. The number of nitrogens with one attached hydrogen (secondary N) is 2. The second-order valence-electron chi connectivity index (χ2n) is 6.39. The van der Waals surface area contributed by atoms with Gasteiger partial charge in [0.25, 0.3) is 5.91 Å². The normalized spacial score (nSPS) is 10.2. The largest absolute Gasteiger partial charge is 0.456 e. The Bertz CT molecular complexity index is 867. The highest BCUT2D eigenvalue weighted by Gasteiger charge is 2.10. The maximum Gasteiger partial charge on any atom is 0.306 e. The molecular formula is C21H23BrN2O4. The minimum atomic E-state index is -0.508. The molecule has 2 N–H and O–H groups in total. The molecule has 0 bridgehead atoms. The minimum Gasteiger partial charge on any atom is -0.456 e. The first-order chi connectivity index (χ1) is 13.3. The summed E-state index contributed by atoms with van der Waals surface area (Å²) in [6, 6.07) is 12.9. The second kappa shape index (κ2) is 10.6. The number of amides is 2. The number of hydrogen-bond donors (Lipinski definition) is 2. The third-order valence-electron chi connectivity index (χ3n) is 4.01. The van der Waals surface area contributed by atoms with Crippen molar-refractivity contribution >= 4 is 45.1 Å². The molecule has 0 saturated heterocycles. The van der Waals surface area contributed by atoms with Crippen LogP contribution in [-0.4, -0.2) is 24.4 Å². The summed E-state index contributed by atoms with van der Waals surface area (Å²) in [6.45, 7) is 3.46. The number of benzene rings is 2. The Morgan fingerprint density at radius 1 is 0.929 bits per heavy atom. The number of para-hydroxylation sites is 1. The number of hydrogen-bond acceptors (Lipinski definition) is 4. The number of ether oxygens (including phenoxy) is 1. The molecule has 0 saturated carbocycles. The van der Waals surface area contributed by atoms with E-state index in [0.717, 1.165) is 21.3 Å². The van der Waals surface area contributed by atoms with Gasteiger partial charge in [0.1, 0.15) is 0 Å². The number of halogens is 1. The lowest BCUT2D eigenvalue weighted by Gasteiger charge is -2.09. The van der Waals surface area contributed by atoms with Gasteiger partial charge in [-0.2, -0.15) is 0 Å². The van der Waals surface area contributed by atoms with E-state index in [0.29, 0.717) is 12.1 Å². The quantitative estimate of drug-likeness (QED) is 0.590. The molecule has 0 fully saturated rings. The van der Waals surface area contributed by atoms with Gasteiger partial charge in [-0.25, -0.2) is 0 Å². The maximum absolute atomic E-state index is 11.9. The molecule has 0 aliphatic heterocycles. The second-order valence-corrected chi connectivity index (χ2v) is 7.24. The molecular weight excluding hydrogens is 424 g/mol. The van der Waals surface area contributed by atoms with Crippen molar-refractivity contribution in [3.63, 3.8) is 0 Å². The highest BCUT2D eigenvalue weighted by Crippen LogP contribution is 2.20. The zero-order chi connectivity index (χ0) is 20.5. The molecule has 0 radical (unpaired) electrons. The summed E-state index contributed by atoms with van der Waals surface area (Å²) in [5.41, 5.74) is 3.35. The maximum atomic E-state index is 11.9. The van der Waals surface area contributed by atoms with Crippen LogP contribution in [0.4, 0.5) is 11.4 Å². The van der Waals surface area contributed by atoms with E-state index < -0.39 is 11.9 Å². The van der Waals surface area contributed by atoms with Crippen LogP contribution in [0.3, 0.4) is 0 Å². The lowest BCUT2D eigenvalue weighted by atomic mass is 10.2. The van der Waals surface area contributed by atoms with Crippen molar-refractivity contribution in [3.8, 4) is 0 Å². The van der Waals surface area contributed by atoms with E-state index in [2.05, 4.69) is 26.6 Å². The van der Waals surface area contributed by atoms with Gasteiger partial charge in [0.05, 0.1) is 0 Å². The fraction of sp³-hybridized carbons (Fsp3) is 0.286. The minimum absolute atomic E-state index is 0.0753. The fourth-order valence-corrected chi connectivity index (χ4v) is 2.70. The van der Waals surface area contributed by atoms with Crippen molar-refractivity contribution in [1.29, 1.82) is 0 Å². The molecule has 0 aliphatic carbocycles. The average Bonchev–Trinajstić information content (AvgIpc) is 2.65. The molecule has 6 nitrogen and oxygen atoms in total. The highest BCUT2D eigenvalue weighted by atomic mass is 79.9. The molecule has 148 valence electrons. The number of anilines is 2. The first kappa shape index (κ1) is 21.6. The Balaban J connectivity index is 1.65. The Hall–Kier alpha value is -2.67. The first-order valence-corrected chi connectivity index (χ1v) is 9.71. The molecule has 0 aliphatic rings. The van der Waals surface area contributed by atoms with Crippen LogP contribution in [0, 0.1) is 13.8 Å². The Labute approximate surface area is 172 Å². The van der Waals surface area contributed by atoms with Gasteiger partial charge in [0.15, 0.2) is 6.61 Å². The van der Waals surface area contributed by atoms with Gasteiger partial charge in [-0.1, -0.05) is 34.1 Å². The lowest BCUT2D eigenvalue weighted by molar-refractivity contribution is -0.147. The summed E-state index contributed by atoms with van der Waals surface area (Å²) < 4.78 is 5.90. The molecule has 2 aromatic rings. The molecule has 2 rings (SSSR count). The van der Waals surface area contributed by atoms with Crippen molar-refractivity contribution in [2.45, 2.75) is 33.1 Å². The zero-order valence-corrected chi connectivity index (χ0v) is 17.5. The van der Waals surface area contributed by atoms with Gasteiger partial charge in [0.2, 0.25) is 5.91 Å². The monoisotopic (exact) mass is 446 g/mol. The van der Waals surface area contributed by atoms with Gasteiger partial charge in [0, 0.05) is 28.7 Å². The molecule has 0 heterocycles. The van der Waals surface area contributed by atoms with Crippen LogP contribution >= 0.6 is 15.9 Å². The van der Waals surface area contributed by atoms with E-state index in [1.54, 1.807) is 6.07 Å². The van der Waals surface area contributed by atoms with E-state index in [1.165, 1.54) is 0 Å². The SMILES string of the molecule is Cc1cc(NC(=O)COC(=O)CCCC(=O)Nc2ccccc2C)ccc1Br. The van der Waals surface area contributed by atoms with Crippen molar-refractivity contribution in [1.82, 2.24) is 0 Å². The van der Waals surface area contributed by atoms with Crippen LogP contribution in [0.25, 0.3) is 0 Å². The summed E-state index contributed by atoms with van der Waals surface area (Å²) in [6.07, 6.45) is 0.629. The molecule has 0 unspecified atom stereocenters. The highest BCUT2D eigenvalue weighted by molar-refractivity contribution is 9.10. The molecule has 0 aromatic heterocycles. The Morgan fingerprint density at radius 2 is 1.68 bits per heavy atom. The van der Waals surface area contributed by atoms with Gasteiger partial charge in [-0.15, -0.1) is 0 Å². The fourth-order valence-electron chi connectivity index (χ4n) is 2.46. The smallest absolute Gasteiger partial charge is 0.306 e. The molecule has 2 amide bonds. The molecule has 7 heteroatoms. The van der Waals surface area contributed by atoms with E-state index >= 15 is 0 Å². The first-order valence-electron chi connectivity index (χ1n) is 8.92. The van der Waals surface area contributed by atoms with Crippen molar-refractivity contribution in [3.05, 3.63) is 58.1 Å². The molecule has 28 heavy (non-hydrogen) atoms. The third kappa shape index (κ3) is 7.15. The van der Waals surface area contributed by atoms with Crippen molar-refractivity contribution < 1.29 is 19.1 Å². The predicted molar refractivity (Wildman–Crippen MR) is 112 cm³/mol.